The molecule has 0 bridgehead atoms. The summed E-state index contributed by atoms with van der Waals surface area (Å²) in [5.74, 6) is 0.937. The first-order chi connectivity index (χ1) is 15.1. The quantitative estimate of drug-likeness (QED) is 0.537. The summed E-state index contributed by atoms with van der Waals surface area (Å²) in [6.45, 7) is 3.68. The van der Waals surface area contributed by atoms with E-state index in [4.69, 9.17) is 4.74 Å². The molecule has 1 saturated carbocycles. The third kappa shape index (κ3) is 3.79. The van der Waals surface area contributed by atoms with Gasteiger partial charge in [-0.3, -0.25) is 14.8 Å². The Labute approximate surface area is 186 Å². The van der Waals surface area contributed by atoms with Gasteiger partial charge in [0.15, 0.2) is 5.82 Å². The Balaban J connectivity index is 1.37. The second-order valence-corrected chi connectivity index (χ2v) is 9.14. The van der Waals surface area contributed by atoms with Crippen LogP contribution in [-0.2, 0) is 11.2 Å². The molecule has 3 heterocycles. The zero-order chi connectivity index (χ0) is 23.1. The van der Waals surface area contributed by atoms with E-state index < -0.39 is 17.2 Å². The van der Waals surface area contributed by atoms with Crippen molar-refractivity contribution in [1.82, 2.24) is 20.1 Å². The standard InChI is InChI=1S/C22H29N5O5/c1-21(31)12-27(20(29)30)22(21,2)15-6-5-14(9-15)16-10-17(26-25-16)24-18(28)8-13-4-7-19(32-3)23-11-13/h4,7,10-11,14-15,31H,5-6,8-9,12H2,1-3H3,(H,29,30)(H2,24,25,26,28)/t14-,15+,21+,22-/m0/s1. The van der Waals surface area contributed by atoms with Gasteiger partial charge in [0.2, 0.25) is 11.8 Å². The number of hydrogen-bond acceptors (Lipinski definition) is 6. The number of carbonyl (C=O) groups is 2. The molecule has 2 fully saturated rings. The van der Waals surface area contributed by atoms with Gasteiger partial charge in [-0.15, -0.1) is 0 Å². The second-order valence-electron chi connectivity index (χ2n) is 9.14. The predicted molar refractivity (Wildman–Crippen MR) is 116 cm³/mol. The Morgan fingerprint density at radius 1 is 1.34 bits per heavy atom. The molecule has 4 rings (SSSR count). The minimum absolute atomic E-state index is 0.0382. The Hall–Kier alpha value is -3.14. The van der Waals surface area contributed by atoms with Crippen LogP contribution < -0.4 is 10.1 Å². The number of carbonyl (C=O) groups excluding carboxylic acids is 1. The maximum absolute atomic E-state index is 12.4. The molecule has 2 aromatic rings. The van der Waals surface area contributed by atoms with Crippen LogP contribution in [0.3, 0.4) is 0 Å². The first-order valence-corrected chi connectivity index (χ1v) is 10.7. The van der Waals surface area contributed by atoms with Gasteiger partial charge < -0.3 is 20.3 Å². The van der Waals surface area contributed by atoms with E-state index in [0.717, 1.165) is 30.5 Å². The van der Waals surface area contributed by atoms with Gasteiger partial charge in [-0.05, 0) is 44.6 Å². The molecule has 32 heavy (non-hydrogen) atoms. The molecule has 1 aliphatic carbocycles. The number of pyridine rings is 1. The van der Waals surface area contributed by atoms with Gasteiger partial charge in [-0.1, -0.05) is 6.07 Å². The number of nitrogens with zero attached hydrogens (tertiary/aromatic N) is 3. The van der Waals surface area contributed by atoms with Crippen molar-refractivity contribution in [2.45, 2.75) is 56.6 Å². The molecular weight excluding hydrogens is 414 g/mol. The molecule has 2 aliphatic rings. The summed E-state index contributed by atoms with van der Waals surface area (Å²) < 4.78 is 5.02. The van der Waals surface area contributed by atoms with Crippen LogP contribution in [0.25, 0.3) is 0 Å². The van der Waals surface area contributed by atoms with Gasteiger partial charge in [0.1, 0.15) is 5.60 Å². The number of aromatic amines is 1. The minimum atomic E-state index is -1.05. The molecule has 0 spiro atoms. The van der Waals surface area contributed by atoms with Crippen LogP contribution in [-0.4, -0.2) is 67.1 Å². The van der Waals surface area contributed by atoms with Crippen molar-refractivity contribution in [2.24, 2.45) is 5.92 Å². The number of amides is 2. The van der Waals surface area contributed by atoms with Gasteiger partial charge in [-0.2, -0.15) is 5.10 Å². The molecule has 0 aromatic carbocycles. The fourth-order valence-electron chi connectivity index (χ4n) is 5.15. The van der Waals surface area contributed by atoms with E-state index >= 15 is 0 Å². The molecular formula is C22H29N5O5. The minimum Gasteiger partial charge on any atom is -0.481 e. The molecule has 1 aliphatic heterocycles. The zero-order valence-electron chi connectivity index (χ0n) is 18.5. The molecule has 10 heteroatoms. The summed E-state index contributed by atoms with van der Waals surface area (Å²) in [4.78, 5) is 29.4. The maximum atomic E-state index is 12.4. The highest BCUT2D eigenvalue weighted by atomic mass is 16.5. The number of H-pyrrole nitrogens is 1. The fraction of sp³-hybridized carbons (Fsp3) is 0.545. The number of hydrogen-bond donors (Lipinski definition) is 4. The third-order valence-corrected chi connectivity index (χ3v) is 7.25. The molecule has 10 nitrogen and oxygen atoms in total. The monoisotopic (exact) mass is 443 g/mol. The van der Waals surface area contributed by atoms with Crippen LogP contribution >= 0.6 is 0 Å². The number of aliphatic hydroxyl groups is 1. The number of ether oxygens (including phenoxy) is 1. The average Bonchev–Trinajstić information content (AvgIpc) is 3.41. The first kappa shape index (κ1) is 22.1. The largest absolute Gasteiger partial charge is 0.481 e. The summed E-state index contributed by atoms with van der Waals surface area (Å²) >= 11 is 0. The number of β-amino-alcohol motifs (C(OH)–C–C–N with tert-alkyl or cyclic N) is 1. The number of carboxylic acid groups (broad SMARTS) is 1. The maximum Gasteiger partial charge on any atom is 0.407 e. The number of anilines is 1. The Morgan fingerprint density at radius 3 is 2.75 bits per heavy atom. The lowest BCUT2D eigenvalue weighted by atomic mass is 9.64. The average molecular weight is 444 g/mol. The van der Waals surface area contributed by atoms with Crippen molar-refractivity contribution in [3.63, 3.8) is 0 Å². The predicted octanol–water partition coefficient (Wildman–Crippen LogP) is 2.38. The van der Waals surface area contributed by atoms with E-state index in [1.165, 1.54) is 12.0 Å². The number of likely N-dealkylation sites (tertiary alicyclic amines) is 1. The van der Waals surface area contributed by atoms with Gasteiger partial charge in [0.05, 0.1) is 25.6 Å². The van der Waals surface area contributed by atoms with Crippen LogP contribution in [0, 0.1) is 5.92 Å². The molecule has 4 N–H and O–H groups in total. The fourth-order valence-corrected chi connectivity index (χ4v) is 5.15. The van der Waals surface area contributed by atoms with Gasteiger partial charge in [0.25, 0.3) is 0 Å². The molecule has 172 valence electrons. The highest BCUT2D eigenvalue weighted by Crippen LogP contribution is 2.53. The van der Waals surface area contributed by atoms with E-state index in [1.807, 2.05) is 13.0 Å². The summed E-state index contributed by atoms with van der Waals surface area (Å²) in [6, 6.07) is 5.32. The van der Waals surface area contributed by atoms with E-state index in [1.54, 1.807) is 25.3 Å². The Bertz CT molecular complexity index is 1000. The lowest BCUT2D eigenvalue weighted by molar-refractivity contribution is -0.204. The highest BCUT2D eigenvalue weighted by Gasteiger charge is 2.64. The van der Waals surface area contributed by atoms with Gasteiger partial charge in [-0.25, -0.2) is 9.78 Å². The van der Waals surface area contributed by atoms with Gasteiger partial charge in [0, 0.05) is 29.9 Å². The van der Waals surface area contributed by atoms with Crippen LogP contribution in [0.4, 0.5) is 10.6 Å². The summed E-state index contributed by atoms with van der Waals surface area (Å²) in [7, 11) is 1.54. The Kier molecular flexibility index (Phi) is 5.58. The molecule has 2 amide bonds. The second kappa shape index (κ2) is 8.09. The number of nitrogens with one attached hydrogen (secondary N) is 2. The van der Waals surface area contributed by atoms with E-state index in [2.05, 4.69) is 20.5 Å². The number of methoxy groups -OCH3 is 1. The zero-order valence-corrected chi connectivity index (χ0v) is 18.5. The highest BCUT2D eigenvalue weighted by molar-refractivity contribution is 5.91. The van der Waals surface area contributed by atoms with Crippen LogP contribution in [0.15, 0.2) is 24.4 Å². The van der Waals surface area contributed by atoms with Crippen LogP contribution in [0.1, 0.15) is 50.3 Å². The smallest absolute Gasteiger partial charge is 0.407 e. The summed E-state index contributed by atoms with van der Waals surface area (Å²) in [5.41, 5.74) is -0.189. The Morgan fingerprint density at radius 2 is 2.12 bits per heavy atom. The van der Waals surface area contributed by atoms with E-state index in [9.17, 15) is 19.8 Å². The molecule has 2 aromatic heterocycles. The molecule has 0 unspecified atom stereocenters. The SMILES string of the molecule is COc1ccc(CC(=O)Nc2cc([C@H]3CC[C@@H]([C@]4(C)N(C(=O)O)C[C@@]4(C)O)C3)[nH]n2)cn1. The van der Waals surface area contributed by atoms with Gasteiger partial charge >= 0.3 is 6.09 Å². The third-order valence-electron chi connectivity index (χ3n) is 7.25. The first-order valence-electron chi connectivity index (χ1n) is 10.7. The number of aromatic nitrogens is 3. The van der Waals surface area contributed by atoms with Crippen LogP contribution in [0.5, 0.6) is 5.88 Å². The van der Waals surface area contributed by atoms with Crippen molar-refractivity contribution >= 4 is 17.8 Å². The summed E-state index contributed by atoms with van der Waals surface area (Å²) in [6.07, 6.45) is 3.18. The van der Waals surface area contributed by atoms with Crippen molar-refractivity contribution in [2.75, 3.05) is 19.0 Å². The number of rotatable bonds is 6. The molecule has 4 atom stereocenters. The van der Waals surface area contributed by atoms with Crippen molar-refractivity contribution in [3.8, 4) is 5.88 Å². The molecule has 1 saturated heterocycles. The van der Waals surface area contributed by atoms with Crippen molar-refractivity contribution in [3.05, 3.63) is 35.7 Å². The lowest BCUT2D eigenvalue weighted by Crippen LogP contribution is -2.79. The normalized spacial score (nSPS) is 29.4. The van der Waals surface area contributed by atoms with Crippen molar-refractivity contribution < 1.29 is 24.5 Å². The lowest BCUT2D eigenvalue weighted by Gasteiger charge is -2.62. The van der Waals surface area contributed by atoms with E-state index in [0.29, 0.717) is 11.7 Å². The van der Waals surface area contributed by atoms with E-state index in [-0.39, 0.29) is 30.7 Å². The topological polar surface area (TPSA) is 141 Å². The van der Waals surface area contributed by atoms with Crippen molar-refractivity contribution in [1.29, 1.82) is 0 Å². The van der Waals surface area contributed by atoms with Crippen LogP contribution in [0.2, 0.25) is 0 Å². The summed E-state index contributed by atoms with van der Waals surface area (Å²) in [5, 5.41) is 30.3. The molecule has 0 radical (unpaired) electrons.